The van der Waals surface area contributed by atoms with Crippen LogP contribution in [0.25, 0.3) is 0 Å². The summed E-state index contributed by atoms with van der Waals surface area (Å²) in [5.41, 5.74) is 0. The SMILES string of the molecule is C=CCS(=O)(=O)Cl.Cl. The van der Waals surface area contributed by atoms with E-state index in [0.29, 0.717) is 0 Å². The van der Waals surface area contributed by atoms with Crippen LogP contribution >= 0.6 is 23.1 Å². The Morgan fingerprint density at radius 3 is 2.00 bits per heavy atom. The fourth-order valence-corrected chi connectivity index (χ4v) is 0.690. The van der Waals surface area contributed by atoms with Gasteiger partial charge in [-0.15, -0.1) is 19.0 Å². The van der Waals surface area contributed by atoms with Crippen LogP contribution in [0.4, 0.5) is 0 Å². The van der Waals surface area contributed by atoms with E-state index >= 15 is 0 Å². The molecule has 0 atom stereocenters. The van der Waals surface area contributed by atoms with Gasteiger partial charge in [0.1, 0.15) is 0 Å². The van der Waals surface area contributed by atoms with E-state index in [9.17, 15) is 8.42 Å². The molecule has 2 nitrogen and oxygen atoms in total. The highest BCUT2D eigenvalue weighted by molar-refractivity contribution is 8.13. The molecule has 0 heterocycles. The van der Waals surface area contributed by atoms with Gasteiger partial charge in [0.05, 0.1) is 5.75 Å². The molecule has 0 spiro atoms. The molecule has 0 saturated heterocycles. The molecular formula is C3H6Cl2O2S. The molecule has 0 aromatic rings. The van der Waals surface area contributed by atoms with Gasteiger partial charge in [-0.1, -0.05) is 6.08 Å². The lowest BCUT2D eigenvalue weighted by atomic mass is 10.8. The number of halogens is 2. The van der Waals surface area contributed by atoms with E-state index < -0.39 is 9.05 Å². The Balaban J connectivity index is 0. The molecule has 0 aliphatic heterocycles. The van der Waals surface area contributed by atoms with Crippen molar-refractivity contribution in [3.8, 4) is 0 Å². The van der Waals surface area contributed by atoms with Crippen LogP contribution in [0, 0.1) is 0 Å². The van der Waals surface area contributed by atoms with Crippen LogP contribution in [0.15, 0.2) is 12.7 Å². The second-order valence-corrected chi connectivity index (χ2v) is 3.82. The molecule has 5 heteroatoms. The maximum Gasteiger partial charge on any atom is 0.236 e. The molecule has 0 aliphatic carbocycles. The summed E-state index contributed by atoms with van der Waals surface area (Å²) >= 11 is 0. The van der Waals surface area contributed by atoms with Crippen LogP contribution in [-0.4, -0.2) is 14.2 Å². The van der Waals surface area contributed by atoms with Gasteiger partial charge in [0.25, 0.3) is 0 Å². The first-order valence-electron chi connectivity index (χ1n) is 1.59. The van der Waals surface area contributed by atoms with Crippen LogP contribution in [0.5, 0.6) is 0 Å². The van der Waals surface area contributed by atoms with Gasteiger partial charge >= 0.3 is 0 Å². The minimum atomic E-state index is -3.32. The minimum Gasteiger partial charge on any atom is -0.212 e. The van der Waals surface area contributed by atoms with E-state index in [1.54, 1.807) is 0 Å². The molecule has 0 rings (SSSR count). The molecule has 0 amide bonds. The van der Waals surface area contributed by atoms with Crippen molar-refractivity contribution in [3.05, 3.63) is 12.7 Å². The second-order valence-electron chi connectivity index (χ2n) is 0.994. The van der Waals surface area contributed by atoms with Crippen molar-refractivity contribution in [1.29, 1.82) is 0 Å². The van der Waals surface area contributed by atoms with Crippen molar-refractivity contribution < 1.29 is 8.42 Å². The quantitative estimate of drug-likeness (QED) is 0.468. The molecule has 0 N–H and O–H groups in total. The summed E-state index contributed by atoms with van der Waals surface area (Å²) in [5, 5.41) is 0. The average Bonchev–Trinajstić information content (AvgIpc) is 1.30. The van der Waals surface area contributed by atoms with Crippen LogP contribution in [0.1, 0.15) is 0 Å². The Bertz CT molecular complexity index is 149. The van der Waals surface area contributed by atoms with Crippen molar-refractivity contribution in [3.63, 3.8) is 0 Å². The summed E-state index contributed by atoms with van der Waals surface area (Å²) in [6.07, 6.45) is 1.24. The van der Waals surface area contributed by atoms with Crippen molar-refractivity contribution in [2.45, 2.75) is 0 Å². The van der Waals surface area contributed by atoms with Crippen molar-refractivity contribution in [2.24, 2.45) is 0 Å². The molecule has 0 bridgehead atoms. The minimum absolute atomic E-state index is 0. The Hall–Kier alpha value is 0.270. The Morgan fingerprint density at radius 2 is 2.00 bits per heavy atom. The molecular weight excluding hydrogens is 171 g/mol. The highest BCUT2D eigenvalue weighted by Crippen LogP contribution is 1.93. The number of rotatable bonds is 2. The first-order valence-corrected chi connectivity index (χ1v) is 4.07. The number of hydrogen-bond acceptors (Lipinski definition) is 2. The zero-order chi connectivity index (χ0) is 5.91. The van der Waals surface area contributed by atoms with Gasteiger partial charge in [-0.3, -0.25) is 0 Å². The van der Waals surface area contributed by atoms with Gasteiger partial charge in [0.2, 0.25) is 9.05 Å². The molecule has 0 fully saturated rings. The Labute approximate surface area is 59.4 Å². The standard InChI is InChI=1S/C3H5ClO2S.ClH/c1-2-3-7(4,5)6;/h2H,1,3H2;1H. The summed E-state index contributed by atoms with van der Waals surface area (Å²) in [7, 11) is 1.41. The Kier molecular flexibility index (Phi) is 5.81. The highest BCUT2D eigenvalue weighted by atomic mass is 35.7. The summed E-state index contributed by atoms with van der Waals surface area (Å²) < 4.78 is 19.9. The monoisotopic (exact) mass is 176 g/mol. The summed E-state index contributed by atoms with van der Waals surface area (Å²) in [6.45, 7) is 3.18. The largest absolute Gasteiger partial charge is 0.236 e. The van der Waals surface area contributed by atoms with E-state index in [2.05, 4.69) is 6.58 Å². The van der Waals surface area contributed by atoms with Crippen molar-refractivity contribution in [2.75, 3.05) is 5.75 Å². The Morgan fingerprint density at radius 1 is 1.62 bits per heavy atom. The summed E-state index contributed by atoms with van der Waals surface area (Å²) in [5.74, 6) is -0.158. The maximum atomic E-state index is 9.93. The third-order valence-corrected chi connectivity index (χ3v) is 1.33. The maximum absolute atomic E-state index is 9.93. The number of hydrogen-bond donors (Lipinski definition) is 0. The molecule has 0 unspecified atom stereocenters. The molecule has 8 heavy (non-hydrogen) atoms. The lowest BCUT2D eigenvalue weighted by Gasteiger charge is -1.79. The average molecular weight is 177 g/mol. The highest BCUT2D eigenvalue weighted by Gasteiger charge is 1.97. The van der Waals surface area contributed by atoms with Crippen LogP contribution in [-0.2, 0) is 9.05 Å². The predicted molar refractivity (Wildman–Crippen MR) is 37.1 cm³/mol. The lowest BCUT2D eigenvalue weighted by molar-refractivity contribution is 0.612. The topological polar surface area (TPSA) is 34.1 Å². The van der Waals surface area contributed by atoms with Gasteiger partial charge in [-0.2, -0.15) is 0 Å². The molecule has 0 saturated carbocycles. The molecule has 0 radical (unpaired) electrons. The zero-order valence-electron chi connectivity index (χ0n) is 4.00. The first kappa shape index (κ1) is 11.1. The van der Waals surface area contributed by atoms with Crippen molar-refractivity contribution >= 4 is 32.1 Å². The second kappa shape index (κ2) is 4.18. The third-order valence-electron chi connectivity index (χ3n) is 0.317. The van der Waals surface area contributed by atoms with Gasteiger partial charge in [0.15, 0.2) is 0 Å². The predicted octanol–water partition coefficient (Wildman–Crippen LogP) is 1.16. The van der Waals surface area contributed by atoms with Gasteiger partial charge in [-0.25, -0.2) is 8.42 Å². The molecule has 0 aliphatic rings. The van der Waals surface area contributed by atoms with Crippen LogP contribution < -0.4 is 0 Å². The summed E-state index contributed by atoms with van der Waals surface area (Å²) in [4.78, 5) is 0. The van der Waals surface area contributed by atoms with E-state index in [4.69, 9.17) is 10.7 Å². The molecule has 0 aromatic carbocycles. The van der Waals surface area contributed by atoms with E-state index in [1.807, 2.05) is 0 Å². The van der Waals surface area contributed by atoms with Gasteiger partial charge in [-0.05, 0) is 0 Å². The normalized spacial score (nSPS) is 9.62. The lowest BCUT2D eigenvalue weighted by Crippen LogP contribution is -1.90. The van der Waals surface area contributed by atoms with Gasteiger partial charge < -0.3 is 0 Å². The molecule has 50 valence electrons. The van der Waals surface area contributed by atoms with Crippen LogP contribution in [0.3, 0.4) is 0 Å². The third kappa shape index (κ3) is 9.55. The van der Waals surface area contributed by atoms with E-state index in [0.717, 1.165) is 0 Å². The first-order chi connectivity index (χ1) is 3.06. The fraction of sp³-hybridized carbons (Fsp3) is 0.333. The summed E-state index contributed by atoms with van der Waals surface area (Å²) in [6, 6.07) is 0. The van der Waals surface area contributed by atoms with E-state index in [-0.39, 0.29) is 18.2 Å². The smallest absolute Gasteiger partial charge is 0.212 e. The fourth-order valence-electron chi connectivity index (χ4n) is 0.141. The van der Waals surface area contributed by atoms with E-state index in [1.165, 1.54) is 6.08 Å². The van der Waals surface area contributed by atoms with Gasteiger partial charge in [0, 0.05) is 10.7 Å². The molecule has 0 aromatic heterocycles. The van der Waals surface area contributed by atoms with Crippen molar-refractivity contribution in [1.82, 2.24) is 0 Å². The zero-order valence-corrected chi connectivity index (χ0v) is 6.39. The van der Waals surface area contributed by atoms with Crippen LogP contribution in [0.2, 0.25) is 0 Å².